The molecule has 2 N–H and O–H groups in total. The van der Waals surface area contributed by atoms with E-state index in [-0.39, 0.29) is 12.1 Å². The van der Waals surface area contributed by atoms with Crippen molar-refractivity contribution in [1.29, 1.82) is 0 Å². The fourth-order valence-corrected chi connectivity index (χ4v) is 2.94. The van der Waals surface area contributed by atoms with Crippen molar-refractivity contribution in [2.75, 3.05) is 26.7 Å². The van der Waals surface area contributed by atoms with Gasteiger partial charge in [-0.1, -0.05) is 24.3 Å². The van der Waals surface area contributed by atoms with Crippen molar-refractivity contribution in [1.82, 2.24) is 10.2 Å². The van der Waals surface area contributed by atoms with Gasteiger partial charge in [-0.15, -0.1) is 0 Å². The van der Waals surface area contributed by atoms with Crippen molar-refractivity contribution < 1.29 is 5.11 Å². The lowest BCUT2D eigenvalue weighted by molar-refractivity contribution is 0.163. The van der Waals surface area contributed by atoms with Crippen LogP contribution in [0, 0.1) is 0 Å². The van der Waals surface area contributed by atoms with Crippen LogP contribution in [0.2, 0.25) is 0 Å². The smallest absolute Gasteiger partial charge is 0.0610 e. The molecule has 0 aromatic heterocycles. The SMILES string of the molecule is CNC(C)(CO)CCCN1CCCc2ccccc2C1. The highest BCUT2D eigenvalue weighted by atomic mass is 16.3. The number of fused-ring (bicyclic) bond motifs is 1. The third-order valence-electron chi connectivity index (χ3n) is 4.59. The molecule has 2 rings (SSSR count). The van der Waals surface area contributed by atoms with Crippen molar-refractivity contribution in [3.05, 3.63) is 35.4 Å². The van der Waals surface area contributed by atoms with Gasteiger partial charge in [0.15, 0.2) is 0 Å². The summed E-state index contributed by atoms with van der Waals surface area (Å²) < 4.78 is 0. The minimum atomic E-state index is -0.135. The van der Waals surface area contributed by atoms with Crippen LogP contribution >= 0.6 is 0 Å². The van der Waals surface area contributed by atoms with E-state index in [0.29, 0.717) is 0 Å². The maximum Gasteiger partial charge on any atom is 0.0610 e. The van der Waals surface area contributed by atoms with Crippen LogP contribution in [0.5, 0.6) is 0 Å². The van der Waals surface area contributed by atoms with E-state index in [1.54, 1.807) is 0 Å². The lowest BCUT2D eigenvalue weighted by Crippen LogP contribution is -2.43. The standard InChI is InChI=1S/C17H28N2O/c1-17(14-20,18-2)10-6-12-19-11-5-9-15-7-3-4-8-16(15)13-19/h3-4,7-8,18,20H,5-6,9-14H2,1-2H3. The van der Waals surface area contributed by atoms with Gasteiger partial charge in [0.1, 0.15) is 0 Å². The van der Waals surface area contributed by atoms with E-state index < -0.39 is 0 Å². The highest BCUT2D eigenvalue weighted by molar-refractivity contribution is 5.27. The van der Waals surface area contributed by atoms with Crippen molar-refractivity contribution >= 4 is 0 Å². The average molecular weight is 276 g/mol. The predicted octanol–water partition coefficient (Wildman–Crippen LogP) is 2.19. The van der Waals surface area contributed by atoms with Crippen molar-refractivity contribution in [2.24, 2.45) is 0 Å². The number of likely N-dealkylation sites (N-methyl/N-ethyl adjacent to an activating group) is 1. The Kier molecular flexibility index (Phi) is 5.58. The first-order valence-electron chi connectivity index (χ1n) is 7.76. The Hall–Kier alpha value is -0.900. The highest BCUT2D eigenvalue weighted by Crippen LogP contribution is 2.19. The summed E-state index contributed by atoms with van der Waals surface area (Å²) in [7, 11) is 1.93. The number of nitrogens with zero attached hydrogens (tertiary/aromatic N) is 1. The fraction of sp³-hybridized carbons (Fsp3) is 0.647. The normalized spacial score (nSPS) is 19.1. The topological polar surface area (TPSA) is 35.5 Å². The Balaban J connectivity index is 1.85. The summed E-state index contributed by atoms with van der Waals surface area (Å²) in [4.78, 5) is 2.55. The second kappa shape index (κ2) is 7.21. The van der Waals surface area contributed by atoms with Crippen molar-refractivity contribution in [3.8, 4) is 0 Å². The number of hydrogen-bond acceptors (Lipinski definition) is 3. The summed E-state index contributed by atoms with van der Waals surface area (Å²) in [5.74, 6) is 0. The van der Waals surface area contributed by atoms with Crippen LogP contribution in [-0.2, 0) is 13.0 Å². The molecule has 0 aliphatic carbocycles. The molecule has 0 saturated carbocycles. The lowest BCUT2D eigenvalue weighted by Gasteiger charge is -2.28. The summed E-state index contributed by atoms with van der Waals surface area (Å²) in [6.45, 7) is 5.66. The van der Waals surface area contributed by atoms with Gasteiger partial charge in [0.2, 0.25) is 0 Å². The van der Waals surface area contributed by atoms with E-state index in [1.165, 1.54) is 30.5 Å². The molecule has 0 bridgehead atoms. The van der Waals surface area contributed by atoms with Crippen molar-refractivity contribution in [3.63, 3.8) is 0 Å². The predicted molar refractivity (Wildman–Crippen MR) is 83.8 cm³/mol. The van der Waals surface area contributed by atoms with E-state index >= 15 is 0 Å². The van der Waals surface area contributed by atoms with E-state index in [1.807, 2.05) is 7.05 Å². The molecular formula is C17H28N2O. The molecule has 1 aromatic rings. The van der Waals surface area contributed by atoms with Gasteiger partial charge in [-0.2, -0.15) is 0 Å². The number of aliphatic hydroxyl groups is 1. The summed E-state index contributed by atoms with van der Waals surface area (Å²) >= 11 is 0. The van der Waals surface area contributed by atoms with E-state index in [4.69, 9.17) is 0 Å². The summed E-state index contributed by atoms with van der Waals surface area (Å²) in [6, 6.07) is 8.82. The first kappa shape index (κ1) is 15.5. The number of hydrogen-bond donors (Lipinski definition) is 2. The minimum Gasteiger partial charge on any atom is -0.394 e. The summed E-state index contributed by atoms with van der Waals surface area (Å²) in [5.41, 5.74) is 2.87. The largest absolute Gasteiger partial charge is 0.394 e. The second-order valence-electron chi connectivity index (χ2n) is 6.22. The van der Waals surface area contributed by atoms with Crippen LogP contribution < -0.4 is 5.32 Å². The number of nitrogens with one attached hydrogen (secondary N) is 1. The molecule has 1 heterocycles. The van der Waals surface area contributed by atoms with E-state index in [2.05, 4.69) is 41.4 Å². The van der Waals surface area contributed by atoms with E-state index in [9.17, 15) is 5.11 Å². The Bertz CT molecular complexity index is 415. The van der Waals surface area contributed by atoms with Gasteiger partial charge in [0.25, 0.3) is 0 Å². The molecule has 1 aliphatic heterocycles. The third-order valence-corrected chi connectivity index (χ3v) is 4.59. The quantitative estimate of drug-likeness (QED) is 0.836. The molecule has 0 fully saturated rings. The molecule has 112 valence electrons. The van der Waals surface area contributed by atoms with Gasteiger partial charge in [-0.25, -0.2) is 0 Å². The molecule has 0 saturated heterocycles. The Morgan fingerprint density at radius 2 is 2.05 bits per heavy atom. The second-order valence-corrected chi connectivity index (χ2v) is 6.22. The summed E-state index contributed by atoms with van der Waals surface area (Å²) in [6.07, 6.45) is 4.59. The molecule has 0 amide bonds. The molecule has 3 nitrogen and oxygen atoms in total. The van der Waals surface area contributed by atoms with Gasteiger partial charge in [0.05, 0.1) is 6.61 Å². The number of rotatable bonds is 6. The van der Waals surface area contributed by atoms with Crippen LogP contribution in [0.15, 0.2) is 24.3 Å². The fourth-order valence-electron chi connectivity index (χ4n) is 2.94. The average Bonchev–Trinajstić information content (AvgIpc) is 2.68. The minimum absolute atomic E-state index is 0.135. The summed E-state index contributed by atoms with van der Waals surface area (Å²) in [5, 5.41) is 12.6. The monoisotopic (exact) mass is 276 g/mol. The molecule has 1 unspecified atom stereocenters. The van der Waals surface area contributed by atoms with Gasteiger partial charge < -0.3 is 10.4 Å². The van der Waals surface area contributed by atoms with Crippen LogP contribution in [0.25, 0.3) is 0 Å². The molecular weight excluding hydrogens is 248 g/mol. The molecule has 1 aliphatic rings. The van der Waals surface area contributed by atoms with Crippen LogP contribution in [0.1, 0.15) is 37.3 Å². The van der Waals surface area contributed by atoms with Crippen LogP contribution in [0.4, 0.5) is 0 Å². The van der Waals surface area contributed by atoms with Gasteiger partial charge >= 0.3 is 0 Å². The Morgan fingerprint density at radius 1 is 1.30 bits per heavy atom. The van der Waals surface area contributed by atoms with Gasteiger partial charge in [0, 0.05) is 12.1 Å². The van der Waals surface area contributed by atoms with Crippen LogP contribution in [-0.4, -0.2) is 42.3 Å². The Labute approximate surface area is 123 Å². The molecule has 1 aromatic carbocycles. The van der Waals surface area contributed by atoms with Crippen molar-refractivity contribution in [2.45, 2.75) is 44.7 Å². The number of aliphatic hydroxyl groups excluding tert-OH is 1. The molecule has 3 heteroatoms. The first-order chi connectivity index (χ1) is 9.67. The molecule has 20 heavy (non-hydrogen) atoms. The maximum atomic E-state index is 9.42. The molecule has 1 atom stereocenters. The first-order valence-corrected chi connectivity index (χ1v) is 7.76. The highest BCUT2D eigenvalue weighted by Gasteiger charge is 2.21. The molecule has 0 spiro atoms. The zero-order chi connectivity index (χ0) is 14.4. The zero-order valence-electron chi connectivity index (χ0n) is 12.9. The maximum absolute atomic E-state index is 9.42. The van der Waals surface area contributed by atoms with Gasteiger partial charge in [-0.3, -0.25) is 4.90 Å². The Morgan fingerprint density at radius 3 is 2.75 bits per heavy atom. The van der Waals surface area contributed by atoms with E-state index in [0.717, 1.165) is 25.9 Å². The molecule has 0 radical (unpaired) electrons. The number of benzene rings is 1. The van der Waals surface area contributed by atoms with Gasteiger partial charge in [-0.05, 0) is 63.9 Å². The van der Waals surface area contributed by atoms with Crippen LogP contribution in [0.3, 0.4) is 0 Å². The zero-order valence-corrected chi connectivity index (χ0v) is 12.9. The lowest BCUT2D eigenvalue weighted by atomic mass is 9.97. The number of aryl methyl sites for hydroxylation is 1. The third kappa shape index (κ3) is 4.05.